The first-order valence-corrected chi connectivity index (χ1v) is 41.1. The maximum Gasteiger partial charge on any atom is 0.472 e. The van der Waals surface area contributed by atoms with Crippen molar-refractivity contribution in [2.45, 2.75) is 303 Å². The molecule has 5 unspecified atom stereocenters. The summed E-state index contributed by atoms with van der Waals surface area (Å²) >= 11 is 0. The average molecular weight is 1440 g/mol. The fourth-order valence-corrected chi connectivity index (χ4v) is 11.2. The number of carbonyl (C=O) groups is 4. The van der Waals surface area contributed by atoms with Crippen molar-refractivity contribution < 1.29 is 80.2 Å². The summed E-state index contributed by atoms with van der Waals surface area (Å²) in [5.41, 5.74) is 0. The normalized spacial score (nSPS) is 14.8. The minimum Gasteiger partial charge on any atom is -0.462 e. The summed E-state index contributed by atoms with van der Waals surface area (Å²) in [6.45, 7) is 4.41. The Hall–Kier alpha value is -5.06. The Bertz CT molecular complexity index is 2470. The third-order valence-electron chi connectivity index (χ3n) is 15.3. The van der Waals surface area contributed by atoms with E-state index in [9.17, 15) is 43.2 Å². The van der Waals surface area contributed by atoms with Gasteiger partial charge in [0.15, 0.2) is 12.2 Å². The standard InChI is InChI=1S/C81H134O17P2/c1-5-9-13-17-21-25-29-33-36-37-40-43-46-50-54-58-62-66-79(84)92-71-76(97-80(85)67-63-59-55-51-47-41-32-28-24-20-16-12-8-4)73-95-99(87,88)93-69-75(82)70-94-100(89,90)96-74-77(98-81(86)68-64-60-56-52-48-44-39-35-31-27-23-19-15-11-7-3)72-91-78(83)65-61-57-53-49-45-42-38-34-30-26-22-18-14-10-6-2/h9-10,13-14,21-23,25-27,33-36,38-40,43,45,49-50,54,57,61,75-77,82H,5-8,11-12,15-20,24,28-32,37,41-42,44,46-48,51-53,55-56,58-60,62-74H2,1-4H3,(H,87,88)(H,89,90)/b13-9-,14-10-,25-21-,26-22-,27-23-,36-33-,38-34-,39-35-,43-40-,49-45-,54-50-,61-57-. The van der Waals surface area contributed by atoms with Crippen molar-refractivity contribution in [2.75, 3.05) is 39.6 Å². The second-order valence-corrected chi connectivity index (χ2v) is 27.8. The Morgan fingerprint density at radius 1 is 0.300 bits per heavy atom. The lowest BCUT2D eigenvalue weighted by molar-refractivity contribution is -0.161. The zero-order valence-electron chi connectivity index (χ0n) is 62.1. The van der Waals surface area contributed by atoms with Crippen molar-refractivity contribution in [1.29, 1.82) is 0 Å². The smallest absolute Gasteiger partial charge is 0.462 e. The molecule has 0 aliphatic heterocycles. The molecule has 0 rings (SSSR count). The highest BCUT2D eigenvalue weighted by Crippen LogP contribution is 2.45. The van der Waals surface area contributed by atoms with E-state index in [1.54, 1.807) is 6.08 Å². The van der Waals surface area contributed by atoms with Crippen LogP contribution in [0.15, 0.2) is 146 Å². The van der Waals surface area contributed by atoms with Crippen molar-refractivity contribution >= 4 is 39.5 Å². The Morgan fingerprint density at radius 2 is 0.570 bits per heavy atom. The van der Waals surface area contributed by atoms with Gasteiger partial charge in [0.05, 0.1) is 32.8 Å². The molecule has 0 fully saturated rings. The molecule has 17 nitrogen and oxygen atoms in total. The highest BCUT2D eigenvalue weighted by molar-refractivity contribution is 7.47. The molecule has 570 valence electrons. The molecule has 0 aromatic carbocycles. The Morgan fingerprint density at radius 3 is 0.940 bits per heavy atom. The van der Waals surface area contributed by atoms with Gasteiger partial charge < -0.3 is 33.8 Å². The van der Waals surface area contributed by atoms with Crippen LogP contribution in [0.3, 0.4) is 0 Å². The second kappa shape index (κ2) is 72.3. The predicted molar refractivity (Wildman–Crippen MR) is 408 cm³/mol. The van der Waals surface area contributed by atoms with Gasteiger partial charge in [-0.15, -0.1) is 0 Å². The van der Waals surface area contributed by atoms with Crippen molar-refractivity contribution in [2.24, 2.45) is 0 Å². The summed E-state index contributed by atoms with van der Waals surface area (Å²) < 4.78 is 68.3. The van der Waals surface area contributed by atoms with Gasteiger partial charge in [0.1, 0.15) is 19.3 Å². The van der Waals surface area contributed by atoms with Gasteiger partial charge in [-0.1, -0.05) is 283 Å². The first kappa shape index (κ1) is 94.9. The van der Waals surface area contributed by atoms with E-state index in [0.29, 0.717) is 32.1 Å². The molecule has 0 bridgehead atoms. The molecule has 0 aromatic rings. The molecule has 19 heteroatoms. The lowest BCUT2D eigenvalue weighted by Crippen LogP contribution is -2.30. The largest absolute Gasteiger partial charge is 0.472 e. The molecule has 0 saturated carbocycles. The molecular weight excluding hydrogens is 1310 g/mol. The molecule has 100 heavy (non-hydrogen) atoms. The van der Waals surface area contributed by atoms with E-state index in [2.05, 4.69) is 137 Å². The van der Waals surface area contributed by atoms with E-state index >= 15 is 0 Å². The highest BCUT2D eigenvalue weighted by atomic mass is 31.2. The number of esters is 4. The number of ether oxygens (including phenoxy) is 4. The van der Waals surface area contributed by atoms with Crippen molar-refractivity contribution in [3.05, 3.63) is 146 Å². The van der Waals surface area contributed by atoms with Crippen LogP contribution in [0.2, 0.25) is 0 Å². The van der Waals surface area contributed by atoms with Crippen LogP contribution in [0.4, 0.5) is 0 Å². The van der Waals surface area contributed by atoms with Gasteiger partial charge in [0.2, 0.25) is 0 Å². The van der Waals surface area contributed by atoms with Gasteiger partial charge in [-0.05, 0) is 122 Å². The van der Waals surface area contributed by atoms with Crippen molar-refractivity contribution in [3.8, 4) is 0 Å². The van der Waals surface area contributed by atoms with Crippen LogP contribution in [-0.2, 0) is 65.4 Å². The topological polar surface area (TPSA) is 237 Å². The lowest BCUT2D eigenvalue weighted by Gasteiger charge is -2.21. The second-order valence-electron chi connectivity index (χ2n) is 24.8. The Balaban J connectivity index is 5.48. The van der Waals surface area contributed by atoms with Crippen LogP contribution in [0.1, 0.15) is 285 Å². The monoisotopic (exact) mass is 1440 g/mol. The maximum absolute atomic E-state index is 13.1. The molecule has 0 heterocycles. The molecular formula is C81H134O17P2. The summed E-state index contributed by atoms with van der Waals surface area (Å²) in [6, 6.07) is 0. The third kappa shape index (κ3) is 71.3. The summed E-state index contributed by atoms with van der Waals surface area (Å²) in [4.78, 5) is 72.8. The Labute approximate surface area is 605 Å². The van der Waals surface area contributed by atoms with Crippen LogP contribution in [0, 0.1) is 0 Å². The van der Waals surface area contributed by atoms with Crippen LogP contribution in [0.5, 0.6) is 0 Å². The minimum atomic E-state index is -5.00. The SMILES string of the molecule is CC/C=C\C/C=C\C/C=C\C/C=C\C/C=C\CCCC(=O)OCC(COP(=O)(O)OCC(O)COP(=O)(O)OCC(COC(=O)C/C=C\C/C=C\C/C=C\C/C=C\C/C=C\CC)OC(=O)CCCCCCC/C=C\C/C=C\CCCCC)OC(=O)CCCCCCCCCCCCCCC. The van der Waals surface area contributed by atoms with Gasteiger partial charge in [-0.25, -0.2) is 9.13 Å². The van der Waals surface area contributed by atoms with Crippen molar-refractivity contribution in [1.82, 2.24) is 0 Å². The van der Waals surface area contributed by atoms with Crippen LogP contribution < -0.4 is 0 Å². The number of carbonyl (C=O) groups excluding carboxylic acids is 4. The number of hydrogen-bond donors (Lipinski definition) is 3. The minimum absolute atomic E-state index is 0.0547. The molecule has 0 aromatic heterocycles. The summed E-state index contributed by atoms with van der Waals surface area (Å²) in [7, 11) is -10.00. The number of phosphoric ester groups is 2. The molecule has 0 saturated heterocycles. The molecule has 0 spiro atoms. The molecule has 0 radical (unpaired) electrons. The van der Waals surface area contributed by atoms with Crippen molar-refractivity contribution in [3.63, 3.8) is 0 Å². The molecule has 5 atom stereocenters. The Kier molecular flexibility index (Phi) is 68.6. The third-order valence-corrected chi connectivity index (χ3v) is 17.2. The van der Waals surface area contributed by atoms with Gasteiger partial charge >= 0.3 is 39.5 Å². The zero-order chi connectivity index (χ0) is 73.2. The number of aliphatic hydroxyl groups excluding tert-OH is 1. The quantitative estimate of drug-likeness (QED) is 0.0169. The predicted octanol–water partition coefficient (Wildman–Crippen LogP) is 21.9. The number of hydrogen-bond acceptors (Lipinski definition) is 15. The number of unbranched alkanes of at least 4 members (excludes halogenated alkanes) is 21. The van der Waals surface area contributed by atoms with Gasteiger partial charge in [-0.2, -0.15) is 0 Å². The summed E-state index contributed by atoms with van der Waals surface area (Å²) in [5.74, 6) is -2.41. The van der Waals surface area contributed by atoms with E-state index in [0.717, 1.165) is 128 Å². The number of aliphatic hydroxyl groups is 1. The highest BCUT2D eigenvalue weighted by Gasteiger charge is 2.30. The maximum atomic E-state index is 13.1. The molecule has 0 aliphatic carbocycles. The number of rotatable bonds is 70. The van der Waals surface area contributed by atoms with E-state index in [1.807, 2.05) is 30.4 Å². The first-order valence-electron chi connectivity index (χ1n) is 38.1. The van der Waals surface area contributed by atoms with Crippen LogP contribution in [0.25, 0.3) is 0 Å². The number of phosphoric acid groups is 2. The fourth-order valence-electron chi connectivity index (χ4n) is 9.59. The summed E-state index contributed by atoms with van der Waals surface area (Å²) in [5, 5.41) is 10.6. The van der Waals surface area contributed by atoms with Gasteiger partial charge in [-0.3, -0.25) is 37.3 Å². The van der Waals surface area contributed by atoms with E-state index in [1.165, 1.54) is 70.6 Å². The lowest BCUT2D eigenvalue weighted by atomic mass is 10.0. The van der Waals surface area contributed by atoms with Crippen LogP contribution in [-0.4, -0.2) is 96.7 Å². The first-order chi connectivity index (χ1) is 48.7. The van der Waals surface area contributed by atoms with E-state index < -0.39 is 97.5 Å². The number of allylic oxidation sites excluding steroid dienone is 23. The molecule has 0 aliphatic rings. The zero-order valence-corrected chi connectivity index (χ0v) is 63.9. The van der Waals surface area contributed by atoms with E-state index in [-0.39, 0.29) is 25.7 Å². The van der Waals surface area contributed by atoms with E-state index in [4.69, 9.17) is 37.0 Å². The fraction of sp³-hybridized carbons (Fsp3) is 0.654. The van der Waals surface area contributed by atoms with Gasteiger partial charge in [0, 0.05) is 19.3 Å². The molecule has 3 N–H and O–H groups in total. The van der Waals surface area contributed by atoms with Gasteiger partial charge in [0.25, 0.3) is 0 Å². The van der Waals surface area contributed by atoms with Crippen LogP contribution >= 0.6 is 15.6 Å². The average Bonchev–Trinajstić information content (AvgIpc) is 0.965. The summed E-state index contributed by atoms with van der Waals surface area (Å²) in [6.07, 6.45) is 81.6. The molecule has 0 amide bonds.